The molecule has 1 N–H and O–H groups in total. The molecule has 0 saturated carbocycles. The molecule has 4 heteroatoms. The van der Waals surface area contributed by atoms with Gasteiger partial charge in [-0.1, -0.05) is 0 Å². The highest BCUT2D eigenvalue weighted by Crippen LogP contribution is 2.16. The smallest absolute Gasteiger partial charge is 0.330 e. The van der Waals surface area contributed by atoms with Crippen molar-refractivity contribution in [3.63, 3.8) is 0 Å². The number of H-pyrrole nitrogens is 1. The van der Waals surface area contributed by atoms with Gasteiger partial charge in [-0.25, -0.2) is 9.78 Å². The van der Waals surface area contributed by atoms with Crippen molar-refractivity contribution in [3.05, 3.63) is 36.2 Å². The SMILES string of the molecule is COC(=O)/C=C/c1c[nH]c2ncccc12. The summed E-state index contributed by atoms with van der Waals surface area (Å²) in [6, 6.07) is 3.79. The molecule has 0 amide bonds. The van der Waals surface area contributed by atoms with Gasteiger partial charge < -0.3 is 9.72 Å². The average molecular weight is 202 g/mol. The summed E-state index contributed by atoms with van der Waals surface area (Å²) in [5.74, 6) is -0.367. The lowest BCUT2D eigenvalue weighted by atomic mass is 10.2. The van der Waals surface area contributed by atoms with E-state index in [9.17, 15) is 4.79 Å². The molecular weight excluding hydrogens is 192 g/mol. The number of hydrogen-bond donors (Lipinski definition) is 1. The number of nitrogens with zero attached hydrogens (tertiary/aromatic N) is 1. The van der Waals surface area contributed by atoms with Crippen molar-refractivity contribution >= 4 is 23.1 Å². The van der Waals surface area contributed by atoms with Crippen LogP contribution in [0.1, 0.15) is 5.56 Å². The van der Waals surface area contributed by atoms with Gasteiger partial charge in [0.2, 0.25) is 0 Å². The zero-order chi connectivity index (χ0) is 10.7. The summed E-state index contributed by atoms with van der Waals surface area (Å²) < 4.78 is 4.51. The maximum atomic E-state index is 10.9. The Morgan fingerprint density at radius 3 is 3.27 bits per heavy atom. The summed E-state index contributed by atoms with van der Waals surface area (Å²) in [5.41, 5.74) is 1.73. The normalized spacial score (nSPS) is 11.0. The lowest BCUT2D eigenvalue weighted by molar-refractivity contribution is -0.134. The predicted molar refractivity (Wildman–Crippen MR) is 57.1 cm³/mol. The van der Waals surface area contributed by atoms with Crippen molar-refractivity contribution in [1.29, 1.82) is 0 Å². The molecule has 0 aliphatic carbocycles. The topological polar surface area (TPSA) is 55.0 Å². The van der Waals surface area contributed by atoms with Crippen molar-refractivity contribution < 1.29 is 9.53 Å². The minimum atomic E-state index is -0.367. The zero-order valence-corrected chi connectivity index (χ0v) is 8.23. The Morgan fingerprint density at radius 2 is 2.47 bits per heavy atom. The molecule has 0 bridgehead atoms. The molecule has 76 valence electrons. The van der Waals surface area contributed by atoms with E-state index in [0.29, 0.717) is 0 Å². The van der Waals surface area contributed by atoms with E-state index in [1.54, 1.807) is 18.5 Å². The molecule has 0 aromatic carbocycles. The molecule has 0 unspecified atom stereocenters. The minimum absolute atomic E-state index is 0.367. The molecule has 0 aliphatic heterocycles. The standard InChI is InChI=1S/C11H10N2O2/c1-15-10(14)5-4-8-7-13-11-9(8)3-2-6-12-11/h2-7H,1H3,(H,12,13)/b5-4+. The third kappa shape index (κ3) is 1.88. The number of ether oxygens (including phenoxy) is 1. The van der Waals surface area contributed by atoms with Crippen molar-refractivity contribution in [2.75, 3.05) is 7.11 Å². The minimum Gasteiger partial charge on any atom is -0.466 e. The second-order valence-corrected chi connectivity index (χ2v) is 3.00. The second kappa shape index (κ2) is 3.96. The molecule has 0 fully saturated rings. The number of fused-ring (bicyclic) bond motifs is 1. The highest BCUT2D eigenvalue weighted by molar-refractivity contribution is 5.92. The van der Waals surface area contributed by atoms with Gasteiger partial charge in [0.25, 0.3) is 0 Å². The van der Waals surface area contributed by atoms with E-state index >= 15 is 0 Å². The lowest BCUT2D eigenvalue weighted by Gasteiger charge is -1.90. The Balaban J connectivity index is 2.36. The molecule has 0 saturated heterocycles. The van der Waals surface area contributed by atoms with Crippen LogP contribution >= 0.6 is 0 Å². The van der Waals surface area contributed by atoms with E-state index < -0.39 is 0 Å². The van der Waals surface area contributed by atoms with Crippen molar-refractivity contribution in [2.24, 2.45) is 0 Å². The van der Waals surface area contributed by atoms with Gasteiger partial charge in [0.1, 0.15) is 5.65 Å². The Hall–Kier alpha value is -2.10. The molecule has 2 heterocycles. The summed E-state index contributed by atoms with van der Waals surface area (Å²) in [6.07, 6.45) is 6.60. The third-order valence-corrected chi connectivity index (χ3v) is 2.08. The first-order chi connectivity index (χ1) is 7.31. The van der Waals surface area contributed by atoms with Crippen LogP contribution in [0.4, 0.5) is 0 Å². The summed E-state index contributed by atoms with van der Waals surface area (Å²) in [5, 5.41) is 0.984. The van der Waals surface area contributed by atoms with Gasteiger partial charge in [-0.15, -0.1) is 0 Å². The highest BCUT2D eigenvalue weighted by atomic mass is 16.5. The maximum Gasteiger partial charge on any atom is 0.330 e. The molecule has 2 rings (SSSR count). The number of aromatic amines is 1. The predicted octanol–water partition coefficient (Wildman–Crippen LogP) is 1.75. The fraction of sp³-hybridized carbons (Fsp3) is 0.0909. The van der Waals surface area contributed by atoms with Gasteiger partial charge in [-0.3, -0.25) is 0 Å². The fourth-order valence-corrected chi connectivity index (χ4v) is 1.34. The Morgan fingerprint density at radius 1 is 1.60 bits per heavy atom. The zero-order valence-electron chi connectivity index (χ0n) is 8.23. The van der Waals surface area contributed by atoms with Gasteiger partial charge in [0, 0.05) is 29.4 Å². The van der Waals surface area contributed by atoms with Crippen molar-refractivity contribution in [1.82, 2.24) is 9.97 Å². The molecule has 0 aliphatic rings. The summed E-state index contributed by atoms with van der Waals surface area (Å²) in [6.45, 7) is 0. The lowest BCUT2D eigenvalue weighted by Crippen LogP contribution is -1.92. The van der Waals surface area contributed by atoms with Gasteiger partial charge in [0.05, 0.1) is 7.11 Å². The van der Waals surface area contributed by atoms with E-state index in [1.807, 2.05) is 12.1 Å². The van der Waals surface area contributed by atoms with Crippen LogP contribution in [0.5, 0.6) is 0 Å². The van der Waals surface area contributed by atoms with Crippen LogP contribution < -0.4 is 0 Å². The van der Waals surface area contributed by atoms with E-state index in [4.69, 9.17) is 0 Å². The Labute approximate surface area is 86.6 Å². The highest BCUT2D eigenvalue weighted by Gasteiger charge is 2.00. The fourth-order valence-electron chi connectivity index (χ4n) is 1.34. The molecule has 0 spiro atoms. The Bertz CT molecular complexity index is 514. The number of carbonyl (C=O) groups excluding carboxylic acids is 1. The van der Waals surface area contributed by atoms with E-state index in [-0.39, 0.29) is 5.97 Å². The molecule has 2 aromatic heterocycles. The maximum absolute atomic E-state index is 10.9. The van der Waals surface area contributed by atoms with Gasteiger partial charge >= 0.3 is 5.97 Å². The molecular formula is C11H10N2O2. The average Bonchev–Trinajstić information content (AvgIpc) is 2.69. The van der Waals surface area contributed by atoms with Gasteiger partial charge in [0.15, 0.2) is 0 Å². The van der Waals surface area contributed by atoms with Crippen LogP contribution in [0, 0.1) is 0 Å². The van der Waals surface area contributed by atoms with Crippen molar-refractivity contribution in [3.8, 4) is 0 Å². The van der Waals surface area contributed by atoms with Crippen LogP contribution in [-0.2, 0) is 9.53 Å². The number of aromatic nitrogens is 2. The quantitative estimate of drug-likeness (QED) is 0.596. The van der Waals surface area contributed by atoms with Crippen LogP contribution in [0.25, 0.3) is 17.1 Å². The number of esters is 1. The number of carbonyl (C=O) groups is 1. The number of methoxy groups -OCH3 is 1. The van der Waals surface area contributed by atoms with Gasteiger partial charge in [-0.05, 0) is 18.2 Å². The van der Waals surface area contributed by atoms with Crippen LogP contribution in [0.2, 0.25) is 0 Å². The Kier molecular flexibility index (Phi) is 2.49. The summed E-state index contributed by atoms with van der Waals surface area (Å²) >= 11 is 0. The summed E-state index contributed by atoms with van der Waals surface area (Å²) in [4.78, 5) is 18.1. The third-order valence-electron chi connectivity index (χ3n) is 2.08. The van der Waals surface area contributed by atoms with Gasteiger partial charge in [-0.2, -0.15) is 0 Å². The molecule has 4 nitrogen and oxygen atoms in total. The van der Waals surface area contributed by atoms with Crippen LogP contribution in [-0.4, -0.2) is 23.0 Å². The molecule has 0 atom stereocenters. The molecule has 0 radical (unpaired) electrons. The number of hydrogen-bond acceptors (Lipinski definition) is 3. The van der Waals surface area contributed by atoms with E-state index in [0.717, 1.165) is 16.6 Å². The largest absolute Gasteiger partial charge is 0.466 e. The first-order valence-corrected chi connectivity index (χ1v) is 4.49. The number of nitrogens with one attached hydrogen (secondary N) is 1. The monoisotopic (exact) mass is 202 g/mol. The van der Waals surface area contributed by atoms with Crippen molar-refractivity contribution in [2.45, 2.75) is 0 Å². The number of rotatable bonds is 2. The number of pyridine rings is 1. The van der Waals surface area contributed by atoms with Crippen LogP contribution in [0.3, 0.4) is 0 Å². The first-order valence-electron chi connectivity index (χ1n) is 4.49. The van der Waals surface area contributed by atoms with E-state index in [2.05, 4.69) is 14.7 Å². The van der Waals surface area contributed by atoms with Crippen LogP contribution in [0.15, 0.2) is 30.6 Å². The first kappa shape index (κ1) is 9.45. The molecule has 15 heavy (non-hydrogen) atoms. The second-order valence-electron chi connectivity index (χ2n) is 3.00. The summed E-state index contributed by atoms with van der Waals surface area (Å²) in [7, 11) is 1.35. The van der Waals surface area contributed by atoms with E-state index in [1.165, 1.54) is 13.2 Å². The molecule has 2 aromatic rings.